The number of aromatic nitrogens is 2. The second-order valence-electron chi connectivity index (χ2n) is 4.20. The van der Waals surface area contributed by atoms with Crippen LogP contribution < -0.4 is 5.69 Å². The Balaban J connectivity index is 2.95. The predicted molar refractivity (Wildman–Crippen MR) is 67.0 cm³/mol. The smallest absolute Gasteiger partial charge is 0.292 e. The van der Waals surface area contributed by atoms with Crippen LogP contribution in [-0.4, -0.2) is 9.13 Å². The molecular weight excluding hydrogens is 200 g/mol. The van der Waals surface area contributed by atoms with Gasteiger partial charge in [0.05, 0.1) is 11.0 Å². The minimum Gasteiger partial charge on any atom is -0.292 e. The SMILES string of the molecule is CCn1c(=O)n(CC)c2cc(C)c(C)cc21. The van der Waals surface area contributed by atoms with Gasteiger partial charge in [-0.05, 0) is 51.0 Å². The molecule has 0 saturated heterocycles. The second kappa shape index (κ2) is 3.81. The molecule has 0 aliphatic carbocycles. The minimum absolute atomic E-state index is 0.102. The summed E-state index contributed by atoms with van der Waals surface area (Å²) in [6.07, 6.45) is 0. The summed E-state index contributed by atoms with van der Waals surface area (Å²) in [5.74, 6) is 0. The Bertz CT molecular complexity index is 540. The van der Waals surface area contributed by atoms with E-state index in [1.807, 2.05) is 23.0 Å². The highest BCUT2D eigenvalue weighted by Crippen LogP contribution is 2.18. The number of fused-ring (bicyclic) bond motifs is 1. The molecule has 0 bridgehead atoms. The molecule has 2 aromatic rings. The van der Waals surface area contributed by atoms with Gasteiger partial charge in [0.25, 0.3) is 0 Å². The van der Waals surface area contributed by atoms with E-state index in [2.05, 4.69) is 26.0 Å². The molecule has 1 aromatic carbocycles. The van der Waals surface area contributed by atoms with Crippen LogP contribution in [0.3, 0.4) is 0 Å². The number of hydrogen-bond acceptors (Lipinski definition) is 1. The first-order valence-corrected chi connectivity index (χ1v) is 5.80. The van der Waals surface area contributed by atoms with Gasteiger partial charge in [0.1, 0.15) is 0 Å². The lowest BCUT2D eigenvalue weighted by Gasteiger charge is -2.03. The number of aryl methyl sites for hydroxylation is 4. The Labute approximate surface area is 95.3 Å². The van der Waals surface area contributed by atoms with Crippen molar-refractivity contribution in [1.29, 1.82) is 0 Å². The average molecular weight is 218 g/mol. The number of rotatable bonds is 2. The number of hydrogen-bond donors (Lipinski definition) is 0. The van der Waals surface area contributed by atoms with Crippen molar-refractivity contribution in [2.24, 2.45) is 0 Å². The van der Waals surface area contributed by atoms with E-state index in [0.717, 1.165) is 24.1 Å². The zero-order valence-electron chi connectivity index (χ0n) is 10.4. The van der Waals surface area contributed by atoms with Crippen LogP contribution in [0.25, 0.3) is 11.0 Å². The molecule has 0 fully saturated rings. The minimum atomic E-state index is 0.102. The first kappa shape index (κ1) is 11.0. The maximum absolute atomic E-state index is 12.1. The summed E-state index contributed by atoms with van der Waals surface area (Å²) < 4.78 is 3.68. The van der Waals surface area contributed by atoms with Gasteiger partial charge in [-0.3, -0.25) is 9.13 Å². The van der Waals surface area contributed by atoms with E-state index in [-0.39, 0.29) is 5.69 Å². The van der Waals surface area contributed by atoms with Crippen LogP contribution in [0.1, 0.15) is 25.0 Å². The van der Waals surface area contributed by atoms with Crippen LogP contribution >= 0.6 is 0 Å². The second-order valence-corrected chi connectivity index (χ2v) is 4.20. The third-order valence-corrected chi connectivity index (χ3v) is 3.27. The molecule has 0 saturated carbocycles. The summed E-state index contributed by atoms with van der Waals surface area (Å²) in [5.41, 5.74) is 4.69. The molecule has 0 aliphatic heterocycles. The van der Waals surface area contributed by atoms with E-state index in [4.69, 9.17) is 0 Å². The third-order valence-electron chi connectivity index (χ3n) is 3.27. The van der Waals surface area contributed by atoms with Gasteiger partial charge in [-0.15, -0.1) is 0 Å². The standard InChI is InChI=1S/C13H18N2O/c1-5-14-11-7-9(3)10(4)8-12(11)15(6-2)13(14)16/h7-8H,5-6H2,1-4H3. The third kappa shape index (κ3) is 1.39. The van der Waals surface area contributed by atoms with Crippen LogP contribution in [0.5, 0.6) is 0 Å². The van der Waals surface area contributed by atoms with Crippen molar-refractivity contribution in [2.75, 3.05) is 0 Å². The highest BCUT2D eigenvalue weighted by atomic mass is 16.1. The van der Waals surface area contributed by atoms with Gasteiger partial charge in [-0.2, -0.15) is 0 Å². The van der Waals surface area contributed by atoms with E-state index in [1.54, 1.807) is 0 Å². The summed E-state index contributed by atoms with van der Waals surface area (Å²) >= 11 is 0. The fourth-order valence-electron chi connectivity index (χ4n) is 2.18. The molecular formula is C13H18N2O. The summed E-state index contributed by atoms with van der Waals surface area (Å²) in [5, 5.41) is 0. The van der Waals surface area contributed by atoms with E-state index >= 15 is 0 Å². The fraction of sp³-hybridized carbons (Fsp3) is 0.462. The van der Waals surface area contributed by atoms with Crippen LogP contribution in [0.4, 0.5) is 0 Å². The number of nitrogens with zero attached hydrogens (tertiary/aromatic N) is 2. The van der Waals surface area contributed by atoms with Crippen molar-refractivity contribution < 1.29 is 0 Å². The highest BCUT2D eigenvalue weighted by molar-refractivity contribution is 5.78. The molecule has 0 spiro atoms. The van der Waals surface area contributed by atoms with Gasteiger partial charge >= 0.3 is 5.69 Å². The van der Waals surface area contributed by atoms with E-state index in [1.165, 1.54) is 11.1 Å². The van der Waals surface area contributed by atoms with Gasteiger partial charge in [0.15, 0.2) is 0 Å². The Hall–Kier alpha value is -1.51. The summed E-state index contributed by atoms with van der Waals surface area (Å²) in [7, 11) is 0. The molecule has 1 heterocycles. The van der Waals surface area contributed by atoms with Gasteiger partial charge in [-0.1, -0.05) is 0 Å². The zero-order valence-corrected chi connectivity index (χ0v) is 10.4. The molecule has 0 radical (unpaired) electrons. The number of imidazole rings is 1. The van der Waals surface area contributed by atoms with Crippen LogP contribution in [0.15, 0.2) is 16.9 Å². The molecule has 0 unspecified atom stereocenters. The maximum atomic E-state index is 12.1. The Morgan fingerprint density at radius 2 is 1.31 bits per heavy atom. The summed E-state index contributed by atoms with van der Waals surface area (Å²) in [4.78, 5) is 12.1. The quantitative estimate of drug-likeness (QED) is 0.760. The molecule has 2 rings (SSSR count). The highest BCUT2D eigenvalue weighted by Gasteiger charge is 2.11. The lowest BCUT2D eigenvalue weighted by Crippen LogP contribution is -2.23. The van der Waals surface area contributed by atoms with E-state index in [0.29, 0.717) is 0 Å². The van der Waals surface area contributed by atoms with Gasteiger partial charge in [-0.25, -0.2) is 4.79 Å². The fourth-order valence-corrected chi connectivity index (χ4v) is 2.18. The molecule has 3 heteroatoms. The van der Waals surface area contributed by atoms with Crippen LogP contribution in [-0.2, 0) is 13.1 Å². The molecule has 3 nitrogen and oxygen atoms in total. The van der Waals surface area contributed by atoms with Crippen LogP contribution in [0, 0.1) is 13.8 Å². The Morgan fingerprint density at radius 1 is 0.938 bits per heavy atom. The first-order chi connectivity index (χ1) is 7.60. The lowest BCUT2D eigenvalue weighted by atomic mass is 10.1. The maximum Gasteiger partial charge on any atom is 0.329 e. The molecule has 86 valence electrons. The Kier molecular flexibility index (Phi) is 2.62. The molecule has 0 aliphatic rings. The summed E-state index contributed by atoms with van der Waals surface area (Å²) in [6, 6.07) is 4.23. The van der Waals surface area contributed by atoms with E-state index < -0.39 is 0 Å². The molecule has 0 N–H and O–H groups in total. The first-order valence-electron chi connectivity index (χ1n) is 5.80. The van der Waals surface area contributed by atoms with Crippen molar-refractivity contribution in [3.63, 3.8) is 0 Å². The van der Waals surface area contributed by atoms with Gasteiger partial charge in [0.2, 0.25) is 0 Å². The van der Waals surface area contributed by atoms with Crippen molar-refractivity contribution in [1.82, 2.24) is 9.13 Å². The average Bonchev–Trinajstić information content (AvgIpc) is 2.50. The normalized spacial score (nSPS) is 11.2. The van der Waals surface area contributed by atoms with E-state index in [9.17, 15) is 4.79 Å². The largest absolute Gasteiger partial charge is 0.329 e. The van der Waals surface area contributed by atoms with Gasteiger partial charge < -0.3 is 0 Å². The molecule has 0 atom stereocenters. The monoisotopic (exact) mass is 218 g/mol. The Morgan fingerprint density at radius 3 is 1.62 bits per heavy atom. The molecule has 1 aromatic heterocycles. The summed E-state index contributed by atoms with van der Waals surface area (Å²) in [6.45, 7) is 9.65. The predicted octanol–water partition coefficient (Wildman–Crippen LogP) is 2.46. The molecule has 16 heavy (non-hydrogen) atoms. The zero-order chi connectivity index (χ0) is 11.9. The lowest BCUT2D eigenvalue weighted by molar-refractivity contribution is 0.670. The van der Waals surface area contributed by atoms with Crippen molar-refractivity contribution >= 4 is 11.0 Å². The van der Waals surface area contributed by atoms with Crippen LogP contribution in [0.2, 0.25) is 0 Å². The van der Waals surface area contributed by atoms with Crippen molar-refractivity contribution in [3.05, 3.63) is 33.7 Å². The topological polar surface area (TPSA) is 26.9 Å². The number of benzene rings is 1. The molecule has 0 amide bonds. The van der Waals surface area contributed by atoms with Gasteiger partial charge in [0, 0.05) is 13.1 Å². The van der Waals surface area contributed by atoms with Crippen molar-refractivity contribution in [3.8, 4) is 0 Å². The van der Waals surface area contributed by atoms with Crippen molar-refractivity contribution in [2.45, 2.75) is 40.8 Å².